The van der Waals surface area contributed by atoms with Gasteiger partial charge in [0.15, 0.2) is 11.5 Å². The molecule has 2 aromatic rings. The molecule has 1 amide bonds. The van der Waals surface area contributed by atoms with Gasteiger partial charge < -0.3 is 19.4 Å². The third kappa shape index (κ3) is 3.29. The van der Waals surface area contributed by atoms with Crippen LogP contribution in [0.25, 0.3) is 0 Å². The molecule has 0 spiro atoms. The van der Waals surface area contributed by atoms with E-state index in [-0.39, 0.29) is 6.79 Å². The van der Waals surface area contributed by atoms with Crippen LogP contribution in [0.3, 0.4) is 0 Å². The Morgan fingerprint density at radius 2 is 2.08 bits per heavy atom. The second-order valence-electron chi connectivity index (χ2n) is 5.34. The molecule has 1 aromatic carbocycles. The number of carbonyl (C=O) groups excluding carboxylic acids is 1. The third-order valence-corrected chi connectivity index (χ3v) is 3.64. The summed E-state index contributed by atoms with van der Waals surface area (Å²) < 4.78 is 50.8. The zero-order valence-electron chi connectivity index (χ0n) is 12.6. The van der Waals surface area contributed by atoms with Crippen molar-refractivity contribution in [2.75, 3.05) is 12.1 Å². The summed E-state index contributed by atoms with van der Waals surface area (Å²) in [4.78, 5) is 15.7. The molecule has 1 aromatic heterocycles. The molecule has 128 valence electrons. The van der Waals surface area contributed by atoms with Crippen molar-refractivity contribution in [3.05, 3.63) is 36.4 Å². The smallest absolute Gasteiger partial charge is 0.409 e. The Labute approximate surface area is 135 Å². The third-order valence-electron chi connectivity index (χ3n) is 3.64. The van der Waals surface area contributed by atoms with E-state index in [1.54, 1.807) is 13.0 Å². The summed E-state index contributed by atoms with van der Waals surface area (Å²) in [5.74, 6) is 0.225. The van der Waals surface area contributed by atoms with Crippen molar-refractivity contribution in [2.45, 2.75) is 25.6 Å². The standard InChI is InChI=1S/C15H14F3N3O3/c1-9-4-11-12(24-8-23-11)5-10(9)20-14(22)6-13(15(16,17)18)21-3-2-19-7-21/h2-5,7,13H,6,8H2,1H3,(H,20,22). The Bertz CT molecular complexity index is 744. The highest BCUT2D eigenvalue weighted by molar-refractivity contribution is 5.92. The van der Waals surface area contributed by atoms with Gasteiger partial charge >= 0.3 is 6.18 Å². The van der Waals surface area contributed by atoms with Gasteiger partial charge in [-0.2, -0.15) is 13.2 Å². The normalized spacial score (nSPS) is 14.5. The van der Waals surface area contributed by atoms with Gasteiger partial charge in [0.25, 0.3) is 0 Å². The number of hydrogen-bond acceptors (Lipinski definition) is 4. The highest BCUT2D eigenvalue weighted by Gasteiger charge is 2.42. The topological polar surface area (TPSA) is 65.4 Å². The molecular formula is C15H14F3N3O3. The SMILES string of the molecule is Cc1cc2c(cc1NC(=O)CC(n1ccnc1)C(F)(F)F)OCO2. The molecule has 6 nitrogen and oxygen atoms in total. The second kappa shape index (κ2) is 6.06. The minimum atomic E-state index is -4.57. The minimum absolute atomic E-state index is 0.0724. The highest BCUT2D eigenvalue weighted by atomic mass is 19.4. The van der Waals surface area contributed by atoms with Crippen LogP contribution in [0.15, 0.2) is 30.9 Å². The van der Waals surface area contributed by atoms with Crippen LogP contribution in [0, 0.1) is 6.92 Å². The van der Waals surface area contributed by atoms with Crippen molar-refractivity contribution >= 4 is 11.6 Å². The molecular weight excluding hydrogens is 327 g/mol. The molecule has 9 heteroatoms. The van der Waals surface area contributed by atoms with Crippen LogP contribution in [0.5, 0.6) is 11.5 Å². The van der Waals surface area contributed by atoms with E-state index >= 15 is 0 Å². The van der Waals surface area contributed by atoms with Crippen molar-refractivity contribution in [2.24, 2.45) is 0 Å². The Kier molecular flexibility index (Phi) is 4.08. The summed E-state index contributed by atoms with van der Waals surface area (Å²) in [5.41, 5.74) is 1.05. The first-order chi connectivity index (χ1) is 11.3. The maximum Gasteiger partial charge on any atom is 0.409 e. The average Bonchev–Trinajstić information content (AvgIpc) is 3.14. The quantitative estimate of drug-likeness (QED) is 0.928. The number of anilines is 1. The summed E-state index contributed by atoms with van der Waals surface area (Å²) in [6.07, 6.45) is -1.87. The van der Waals surface area contributed by atoms with Gasteiger partial charge in [0.1, 0.15) is 6.04 Å². The summed E-state index contributed by atoms with van der Waals surface area (Å²) >= 11 is 0. The van der Waals surface area contributed by atoms with Gasteiger partial charge in [-0.15, -0.1) is 0 Å². The summed E-state index contributed by atoms with van der Waals surface area (Å²) in [6, 6.07) is 1.22. The molecule has 1 aliphatic heterocycles. The largest absolute Gasteiger partial charge is 0.454 e. The van der Waals surface area contributed by atoms with Crippen molar-refractivity contribution in [1.29, 1.82) is 0 Å². The lowest BCUT2D eigenvalue weighted by atomic mass is 10.1. The molecule has 0 fully saturated rings. The Hall–Kier alpha value is -2.71. The monoisotopic (exact) mass is 341 g/mol. The predicted molar refractivity (Wildman–Crippen MR) is 77.9 cm³/mol. The van der Waals surface area contributed by atoms with Gasteiger partial charge in [-0.25, -0.2) is 4.98 Å². The lowest BCUT2D eigenvalue weighted by Gasteiger charge is -2.21. The van der Waals surface area contributed by atoms with E-state index in [1.165, 1.54) is 18.5 Å². The fourth-order valence-electron chi connectivity index (χ4n) is 2.40. The van der Waals surface area contributed by atoms with Crippen molar-refractivity contribution in [3.63, 3.8) is 0 Å². The van der Waals surface area contributed by atoms with Gasteiger partial charge in [0.2, 0.25) is 12.7 Å². The summed E-state index contributed by atoms with van der Waals surface area (Å²) in [6.45, 7) is 1.79. The van der Waals surface area contributed by atoms with E-state index in [2.05, 4.69) is 10.3 Å². The number of ether oxygens (including phenoxy) is 2. The van der Waals surface area contributed by atoms with E-state index in [4.69, 9.17) is 9.47 Å². The van der Waals surface area contributed by atoms with Crippen LogP contribution >= 0.6 is 0 Å². The molecule has 0 radical (unpaired) electrons. The van der Waals surface area contributed by atoms with Crippen LogP contribution in [0.2, 0.25) is 0 Å². The fraction of sp³-hybridized carbons (Fsp3) is 0.333. The molecule has 1 atom stereocenters. The average molecular weight is 341 g/mol. The number of fused-ring (bicyclic) bond motifs is 1. The number of halogens is 3. The number of benzene rings is 1. The maximum absolute atomic E-state index is 13.2. The van der Waals surface area contributed by atoms with Gasteiger partial charge in [0.05, 0.1) is 12.7 Å². The number of nitrogens with zero attached hydrogens (tertiary/aromatic N) is 2. The number of alkyl halides is 3. The first-order valence-corrected chi connectivity index (χ1v) is 7.09. The number of hydrogen-bond donors (Lipinski definition) is 1. The number of rotatable bonds is 4. The van der Waals surface area contributed by atoms with Crippen LogP contribution in [-0.2, 0) is 4.79 Å². The molecule has 0 saturated heterocycles. The molecule has 2 heterocycles. The van der Waals surface area contributed by atoms with Crippen molar-refractivity contribution < 1.29 is 27.4 Å². The first kappa shape index (κ1) is 16.2. The van der Waals surface area contributed by atoms with E-state index < -0.39 is 24.5 Å². The van der Waals surface area contributed by atoms with E-state index in [9.17, 15) is 18.0 Å². The fourth-order valence-corrected chi connectivity index (χ4v) is 2.40. The molecule has 1 N–H and O–H groups in total. The van der Waals surface area contributed by atoms with Crippen LogP contribution in [-0.4, -0.2) is 28.4 Å². The van der Waals surface area contributed by atoms with Crippen LogP contribution in [0.4, 0.5) is 18.9 Å². The molecule has 0 saturated carbocycles. The maximum atomic E-state index is 13.2. The van der Waals surface area contributed by atoms with E-state index in [0.29, 0.717) is 22.7 Å². The number of aryl methyl sites for hydroxylation is 1. The minimum Gasteiger partial charge on any atom is -0.454 e. The molecule has 1 unspecified atom stereocenters. The van der Waals surface area contributed by atoms with Crippen LogP contribution < -0.4 is 14.8 Å². The zero-order valence-corrected chi connectivity index (χ0v) is 12.6. The number of amides is 1. The summed E-state index contributed by atoms with van der Waals surface area (Å²) in [7, 11) is 0. The van der Waals surface area contributed by atoms with Crippen molar-refractivity contribution in [3.8, 4) is 11.5 Å². The lowest BCUT2D eigenvalue weighted by molar-refractivity contribution is -0.171. The van der Waals surface area contributed by atoms with E-state index in [0.717, 1.165) is 10.9 Å². The number of imidazole rings is 1. The number of carbonyl (C=O) groups is 1. The van der Waals surface area contributed by atoms with Gasteiger partial charge in [-0.05, 0) is 18.6 Å². The van der Waals surface area contributed by atoms with Crippen molar-refractivity contribution in [1.82, 2.24) is 9.55 Å². The predicted octanol–water partition coefficient (Wildman–Crippen LogP) is 3.05. The zero-order chi connectivity index (χ0) is 17.3. The van der Waals surface area contributed by atoms with Gasteiger partial charge in [-0.3, -0.25) is 4.79 Å². The Balaban J connectivity index is 1.75. The molecule has 3 rings (SSSR count). The van der Waals surface area contributed by atoms with Gasteiger partial charge in [-0.1, -0.05) is 0 Å². The summed E-state index contributed by atoms with van der Waals surface area (Å²) in [5, 5.41) is 2.50. The molecule has 24 heavy (non-hydrogen) atoms. The van der Waals surface area contributed by atoms with E-state index in [1.807, 2.05) is 0 Å². The molecule has 1 aliphatic rings. The highest BCUT2D eigenvalue weighted by Crippen LogP contribution is 2.37. The molecule has 0 bridgehead atoms. The Morgan fingerprint density at radius 1 is 1.38 bits per heavy atom. The lowest BCUT2D eigenvalue weighted by Crippen LogP contribution is -2.30. The molecule has 0 aliphatic carbocycles. The second-order valence-corrected chi connectivity index (χ2v) is 5.34. The first-order valence-electron chi connectivity index (χ1n) is 7.09. The Morgan fingerprint density at radius 3 is 2.71 bits per heavy atom. The van der Waals surface area contributed by atoms with Gasteiger partial charge in [0, 0.05) is 24.1 Å². The number of aromatic nitrogens is 2. The van der Waals surface area contributed by atoms with Crippen LogP contribution in [0.1, 0.15) is 18.0 Å². The number of nitrogens with one attached hydrogen (secondary N) is 1.